The molecule has 1 N–H and O–H groups in total. The van der Waals surface area contributed by atoms with Crippen LogP contribution < -0.4 is 5.32 Å². The van der Waals surface area contributed by atoms with E-state index in [1.165, 1.54) is 7.11 Å². The number of hydrogen-bond donors (Lipinski definition) is 1. The first-order chi connectivity index (χ1) is 12.0. The Morgan fingerprint density at radius 1 is 0.920 bits per heavy atom. The standard InChI is InChI=1S/C19H18BrNO4/c1-25-19(24)15-4-2-13(3-5-15)12-21-18(23)11-10-17(22)14-6-8-16(20)9-7-14/h2-9H,10-12H2,1H3,(H,21,23). The van der Waals surface area contributed by atoms with Crippen molar-refractivity contribution in [1.29, 1.82) is 0 Å². The number of esters is 1. The molecule has 0 aliphatic heterocycles. The van der Waals surface area contributed by atoms with E-state index in [0.29, 0.717) is 17.7 Å². The molecule has 2 aromatic carbocycles. The Hall–Kier alpha value is -2.47. The lowest BCUT2D eigenvalue weighted by Crippen LogP contribution is -2.23. The van der Waals surface area contributed by atoms with E-state index in [-0.39, 0.29) is 24.5 Å². The molecule has 0 saturated carbocycles. The van der Waals surface area contributed by atoms with Crippen LogP contribution in [0.4, 0.5) is 0 Å². The van der Waals surface area contributed by atoms with Crippen molar-refractivity contribution in [2.75, 3.05) is 7.11 Å². The second kappa shape index (κ2) is 9.13. The minimum atomic E-state index is -0.401. The summed E-state index contributed by atoms with van der Waals surface area (Å²) in [5, 5.41) is 2.76. The minimum absolute atomic E-state index is 0.0647. The smallest absolute Gasteiger partial charge is 0.337 e. The van der Waals surface area contributed by atoms with Crippen LogP contribution in [0.2, 0.25) is 0 Å². The molecule has 0 saturated heterocycles. The van der Waals surface area contributed by atoms with E-state index in [2.05, 4.69) is 26.0 Å². The largest absolute Gasteiger partial charge is 0.465 e. The lowest BCUT2D eigenvalue weighted by molar-refractivity contribution is -0.121. The Morgan fingerprint density at radius 3 is 2.12 bits per heavy atom. The van der Waals surface area contributed by atoms with Gasteiger partial charge in [-0.3, -0.25) is 9.59 Å². The molecule has 0 atom stereocenters. The molecule has 0 aliphatic carbocycles. The third kappa shape index (κ3) is 5.83. The molecule has 0 radical (unpaired) electrons. The van der Waals surface area contributed by atoms with Gasteiger partial charge in [-0.15, -0.1) is 0 Å². The molecule has 0 bridgehead atoms. The number of Topliss-reactive ketones (excluding diaryl/α,β-unsaturated/α-hetero) is 1. The highest BCUT2D eigenvalue weighted by molar-refractivity contribution is 9.10. The topological polar surface area (TPSA) is 72.5 Å². The van der Waals surface area contributed by atoms with Crippen molar-refractivity contribution in [3.63, 3.8) is 0 Å². The van der Waals surface area contributed by atoms with Crippen molar-refractivity contribution in [1.82, 2.24) is 5.32 Å². The van der Waals surface area contributed by atoms with Crippen LogP contribution in [-0.4, -0.2) is 24.8 Å². The van der Waals surface area contributed by atoms with E-state index in [1.54, 1.807) is 48.5 Å². The molecule has 2 aromatic rings. The fraction of sp³-hybridized carbons (Fsp3) is 0.211. The lowest BCUT2D eigenvalue weighted by Gasteiger charge is -2.06. The van der Waals surface area contributed by atoms with E-state index in [0.717, 1.165) is 10.0 Å². The normalized spacial score (nSPS) is 10.2. The summed E-state index contributed by atoms with van der Waals surface area (Å²) in [6, 6.07) is 13.8. The summed E-state index contributed by atoms with van der Waals surface area (Å²) < 4.78 is 5.53. The van der Waals surface area contributed by atoms with Crippen molar-refractivity contribution < 1.29 is 19.1 Å². The van der Waals surface area contributed by atoms with Gasteiger partial charge in [-0.25, -0.2) is 4.79 Å². The molecule has 1 amide bonds. The highest BCUT2D eigenvalue weighted by Gasteiger charge is 2.10. The third-order valence-corrected chi connectivity index (χ3v) is 4.14. The number of ether oxygens (including phenoxy) is 1. The molecule has 25 heavy (non-hydrogen) atoms. The first-order valence-electron chi connectivity index (χ1n) is 7.72. The van der Waals surface area contributed by atoms with E-state index in [9.17, 15) is 14.4 Å². The fourth-order valence-electron chi connectivity index (χ4n) is 2.17. The number of methoxy groups -OCH3 is 1. The summed E-state index contributed by atoms with van der Waals surface area (Å²) in [5.74, 6) is -0.658. The minimum Gasteiger partial charge on any atom is -0.465 e. The molecule has 0 aliphatic rings. The lowest BCUT2D eigenvalue weighted by atomic mass is 10.1. The summed E-state index contributed by atoms with van der Waals surface area (Å²) >= 11 is 3.31. The molecule has 0 unspecified atom stereocenters. The molecule has 5 nitrogen and oxygen atoms in total. The summed E-state index contributed by atoms with van der Waals surface area (Å²) in [4.78, 5) is 35.3. The van der Waals surface area contributed by atoms with Gasteiger partial charge in [-0.2, -0.15) is 0 Å². The maximum atomic E-state index is 12.0. The Labute approximate surface area is 154 Å². The molecule has 0 fully saturated rings. The van der Waals surface area contributed by atoms with E-state index in [4.69, 9.17) is 0 Å². The number of amides is 1. The summed E-state index contributed by atoms with van der Waals surface area (Å²) in [5.41, 5.74) is 1.91. The van der Waals surface area contributed by atoms with Gasteiger partial charge in [0.05, 0.1) is 12.7 Å². The summed E-state index contributed by atoms with van der Waals surface area (Å²) in [7, 11) is 1.33. The zero-order valence-electron chi connectivity index (χ0n) is 13.8. The molecule has 130 valence electrons. The molecule has 0 aromatic heterocycles. The Morgan fingerprint density at radius 2 is 1.52 bits per heavy atom. The molecule has 0 heterocycles. The van der Waals surface area contributed by atoms with Gasteiger partial charge in [0.1, 0.15) is 0 Å². The Kier molecular flexibility index (Phi) is 6.89. The van der Waals surface area contributed by atoms with Gasteiger partial charge < -0.3 is 10.1 Å². The van der Waals surface area contributed by atoms with Gasteiger partial charge in [-0.05, 0) is 29.8 Å². The predicted molar refractivity (Wildman–Crippen MR) is 97.3 cm³/mol. The maximum absolute atomic E-state index is 12.0. The Bertz CT molecular complexity index is 754. The van der Waals surface area contributed by atoms with E-state index >= 15 is 0 Å². The molecular formula is C19H18BrNO4. The van der Waals surface area contributed by atoms with Crippen LogP contribution in [0.15, 0.2) is 53.0 Å². The van der Waals surface area contributed by atoms with Gasteiger partial charge in [0.15, 0.2) is 5.78 Å². The second-order valence-corrected chi connectivity index (χ2v) is 6.31. The monoisotopic (exact) mass is 403 g/mol. The Balaban J connectivity index is 1.77. The average molecular weight is 404 g/mol. The van der Waals surface area contributed by atoms with Crippen molar-refractivity contribution in [3.8, 4) is 0 Å². The van der Waals surface area contributed by atoms with E-state index < -0.39 is 5.97 Å². The van der Waals surface area contributed by atoms with Gasteiger partial charge in [0, 0.05) is 29.4 Å². The van der Waals surface area contributed by atoms with Crippen molar-refractivity contribution in [2.45, 2.75) is 19.4 Å². The maximum Gasteiger partial charge on any atom is 0.337 e. The van der Waals surface area contributed by atoms with Gasteiger partial charge in [-0.1, -0.05) is 40.2 Å². The van der Waals surface area contributed by atoms with Gasteiger partial charge in [0.2, 0.25) is 5.91 Å². The zero-order valence-corrected chi connectivity index (χ0v) is 15.3. The fourth-order valence-corrected chi connectivity index (χ4v) is 2.44. The number of nitrogens with one attached hydrogen (secondary N) is 1. The van der Waals surface area contributed by atoms with Crippen LogP contribution >= 0.6 is 15.9 Å². The molecular weight excluding hydrogens is 386 g/mol. The number of hydrogen-bond acceptors (Lipinski definition) is 4. The molecule has 2 rings (SSSR count). The van der Waals surface area contributed by atoms with E-state index in [1.807, 2.05) is 0 Å². The number of carbonyl (C=O) groups excluding carboxylic acids is 3. The summed E-state index contributed by atoms with van der Waals surface area (Å²) in [6.07, 6.45) is 0.296. The second-order valence-electron chi connectivity index (χ2n) is 5.40. The number of halogens is 1. The first-order valence-corrected chi connectivity index (χ1v) is 8.51. The van der Waals surface area contributed by atoms with Crippen LogP contribution in [0.25, 0.3) is 0 Å². The number of ketones is 1. The predicted octanol–water partition coefficient (Wildman–Crippen LogP) is 3.52. The van der Waals surface area contributed by atoms with Crippen molar-refractivity contribution in [3.05, 3.63) is 69.7 Å². The van der Waals surface area contributed by atoms with Crippen LogP contribution in [0.5, 0.6) is 0 Å². The third-order valence-electron chi connectivity index (χ3n) is 3.61. The SMILES string of the molecule is COC(=O)c1ccc(CNC(=O)CCC(=O)c2ccc(Br)cc2)cc1. The highest BCUT2D eigenvalue weighted by Crippen LogP contribution is 2.12. The number of rotatable bonds is 7. The van der Waals surface area contributed by atoms with Crippen LogP contribution in [0, 0.1) is 0 Å². The van der Waals surface area contributed by atoms with Crippen molar-refractivity contribution >= 4 is 33.6 Å². The van der Waals surface area contributed by atoms with Crippen LogP contribution in [0.1, 0.15) is 39.1 Å². The highest BCUT2D eigenvalue weighted by atomic mass is 79.9. The number of benzene rings is 2. The quantitative estimate of drug-likeness (QED) is 0.566. The number of carbonyl (C=O) groups is 3. The van der Waals surface area contributed by atoms with Gasteiger partial charge >= 0.3 is 5.97 Å². The van der Waals surface area contributed by atoms with Crippen molar-refractivity contribution in [2.24, 2.45) is 0 Å². The average Bonchev–Trinajstić information content (AvgIpc) is 2.64. The van der Waals surface area contributed by atoms with Crippen LogP contribution in [0.3, 0.4) is 0 Å². The molecule has 0 spiro atoms. The van der Waals surface area contributed by atoms with Crippen LogP contribution in [-0.2, 0) is 16.1 Å². The first kappa shape index (κ1) is 18.9. The molecule has 6 heteroatoms. The zero-order chi connectivity index (χ0) is 18.2. The van der Waals surface area contributed by atoms with Gasteiger partial charge in [0.25, 0.3) is 0 Å². The summed E-state index contributed by atoms with van der Waals surface area (Å²) in [6.45, 7) is 0.340.